The average Bonchev–Trinajstić information content (AvgIpc) is 3.15. The molecule has 1 aromatic carbocycles. The summed E-state index contributed by atoms with van der Waals surface area (Å²) in [5.41, 5.74) is 0.980. The summed E-state index contributed by atoms with van der Waals surface area (Å²) in [7, 11) is 0. The Hall–Kier alpha value is -2.15. The highest BCUT2D eigenvalue weighted by atomic mass is 79.9. The third-order valence-corrected chi connectivity index (χ3v) is 4.71. The Labute approximate surface area is 162 Å². The van der Waals surface area contributed by atoms with Crippen LogP contribution in [-0.2, 0) is 11.2 Å². The van der Waals surface area contributed by atoms with Crippen LogP contribution >= 0.6 is 15.9 Å². The summed E-state index contributed by atoms with van der Waals surface area (Å²) in [6, 6.07) is 9.61. The molecule has 1 fully saturated rings. The Morgan fingerprint density at radius 3 is 2.69 bits per heavy atom. The number of amides is 1. The maximum atomic E-state index is 12.0. The highest BCUT2D eigenvalue weighted by Crippen LogP contribution is 2.21. The van der Waals surface area contributed by atoms with Crippen LogP contribution in [0.25, 0.3) is 0 Å². The van der Waals surface area contributed by atoms with Crippen molar-refractivity contribution in [3.05, 3.63) is 46.2 Å². The van der Waals surface area contributed by atoms with Crippen molar-refractivity contribution in [1.29, 1.82) is 0 Å². The minimum absolute atomic E-state index is 0.0208. The van der Waals surface area contributed by atoms with Crippen molar-refractivity contribution >= 4 is 27.7 Å². The molecule has 26 heavy (non-hydrogen) atoms. The lowest BCUT2D eigenvalue weighted by atomic mass is 10.1. The Kier molecular flexibility index (Phi) is 6.44. The fraction of sp³-hybridized carbons (Fsp3) is 0.421. The molecule has 1 saturated heterocycles. The summed E-state index contributed by atoms with van der Waals surface area (Å²) < 4.78 is 6.71. The molecule has 7 heteroatoms. The number of aromatic nitrogens is 2. The number of nitrogens with zero attached hydrogens (tertiary/aromatic N) is 3. The molecule has 0 saturated carbocycles. The zero-order valence-corrected chi connectivity index (χ0v) is 16.5. The first kappa shape index (κ1) is 18.6. The zero-order valence-electron chi connectivity index (χ0n) is 14.9. The van der Waals surface area contributed by atoms with Crippen molar-refractivity contribution in [3.8, 4) is 5.88 Å². The second-order valence-corrected chi connectivity index (χ2v) is 7.22. The van der Waals surface area contributed by atoms with E-state index in [1.165, 1.54) is 12.8 Å². The Balaban J connectivity index is 1.44. The van der Waals surface area contributed by atoms with Crippen LogP contribution in [0.4, 0.5) is 5.82 Å². The molecule has 2 aromatic rings. The van der Waals surface area contributed by atoms with E-state index in [0.29, 0.717) is 31.3 Å². The fourth-order valence-electron chi connectivity index (χ4n) is 2.90. The van der Waals surface area contributed by atoms with Crippen molar-refractivity contribution < 1.29 is 9.53 Å². The van der Waals surface area contributed by atoms with Gasteiger partial charge in [0.2, 0.25) is 11.8 Å². The van der Waals surface area contributed by atoms with Gasteiger partial charge in [-0.1, -0.05) is 28.1 Å². The smallest absolute Gasteiger partial charge is 0.224 e. The minimum Gasteiger partial charge on any atom is -0.476 e. The largest absolute Gasteiger partial charge is 0.476 e. The third-order valence-electron chi connectivity index (χ3n) is 4.18. The van der Waals surface area contributed by atoms with E-state index in [-0.39, 0.29) is 5.91 Å². The number of halogens is 1. The average molecular weight is 419 g/mol. The van der Waals surface area contributed by atoms with Crippen molar-refractivity contribution in [1.82, 2.24) is 15.3 Å². The van der Waals surface area contributed by atoms with E-state index >= 15 is 0 Å². The Morgan fingerprint density at radius 2 is 1.96 bits per heavy atom. The van der Waals surface area contributed by atoms with Gasteiger partial charge in [-0.2, -0.15) is 4.98 Å². The van der Waals surface area contributed by atoms with Crippen LogP contribution in [0, 0.1) is 6.92 Å². The van der Waals surface area contributed by atoms with Crippen LogP contribution in [0.3, 0.4) is 0 Å². The maximum Gasteiger partial charge on any atom is 0.224 e. The van der Waals surface area contributed by atoms with Gasteiger partial charge in [-0.05, 0) is 37.5 Å². The molecule has 1 aromatic heterocycles. The van der Waals surface area contributed by atoms with E-state index < -0.39 is 0 Å². The van der Waals surface area contributed by atoms with E-state index in [2.05, 4.69) is 36.1 Å². The number of aryl methyl sites for hydroxylation is 1. The molecule has 0 spiro atoms. The lowest BCUT2D eigenvalue weighted by molar-refractivity contribution is -0.120. The fourth-order valence-corrected chi connectivity index (χ4v) is 3.17. The molecule has 1 N–H and O–H groups in total. The van der Waals surface area contributed by atoms with Gasteiger partial charge in [0, 0.05) is 23.6 Å². The summed E-state index contributed by atoms with van der Waals surface area (Å²) in [5.74, 6) is 2.15. The van der Waals surface area contributed by atoms with Crippen molar-refractivity contribution in [2.24, 2.45) is 0 Å². The monoisotopic (exact) mass is 418 g/mol. The SMILES string of the molecule is Cc1nc(OCCNC(=O)Cc2ccc(Br)cc2)cc(N2CCCC2)n1. The minimum atomic E-state index is -0.0208. The second kappa shape index (κ2) is 8.98. The Bertz CT molecular complexity index is 746. The van der Waals surface area contributed by atoms with Crippen LogP contribution in [0.15, 0.2) is 34.8 Å². The van der Waals surface area contributed by atoms with Gasteiger partial charge in [0.1, 0.15) is 18.2 Å². The molecule has 138 valence electrons. The zero-order chi connectivity index (χ0) is 18.4. The molecule has 1 aliphatic heterocycles. The summed E-state index contributed by atoms with van der Waals surface area (Å²) in [6.07, 6.45) is 2.76. The van der Waals surface area contributed by atoms with Gasteiger partial charge in [-0.15, -0.1) is 0 Å². The van der Waals surface area contributed by atoms with Gasteiger partial charge in [-0.3, -0.25) is 4.79 Å². The highest BCUT2D eigenvalue weighted by Gasteiger charge is 2.15. The van der Waals surface area contributed by atoms with Crippen LogP contribution in [-0.4, -0.2) is 42.1 Å². The topological polar surface area (TPSA) is 67.3 Å². The molecule has 6 nitrogen and oxygen atoms in total. The van der Waals surface area contributed by atoms with Crippen LogP contribution in [0.1, 0.15) is 24.2 Å². The van der Waals surface area contributed by atoms with Gasteiger partial charge < -0.3 is 15.0 Å². The predicted octanol–water partition coefficient (Wildman–Crippen LogP) is 2.89. The molecule has 2 heterocycles. The molecule has 0 atom stereocenters. The summed E-state index contributed by atoms with van der Waals surface area (Å²) in [5, 5.41) is 2.87. The van der Waals surface area contributed by atoms with Gasteiger partial charge in [-0.25, -0.2) is 4.98 Å². The summed E-state index contributed by atoms with van der Waals surface area (Å²) in [4.78, 5) is 23.0. The molecule has 1 aliphatic rings. The lowest BCUT2D eigenvalue weighted by Crippen LogP contribution is -2.29. The number of nitrogens with one attached hydrogen (secondary N) is 1. The number of anilines is 1. The molecule has 3 rings (SSSR count). The first-order valence-corrected chi connectivity index (χ1v) is 9.64. The predicted molar refractivity (Wildman–Crippen MR) is 105 cm³/mol. The van der Waals surface area contributed by atoms with Gasteiger partial charge >= 0.3 is 0 Å². The number of hydrogen-bond donors (Lipinski definition) is 1. The normalized spacial score (nSPS) is 13.7. The number of ether oxygens (including phenoxy) is 1. The van der Waals surface area contributed by atoms with Crippen LogP contribution < -0.4 is 15.0 Å². The molecule has 0 radical (unpaired) electrons. The lowest BCUT2D eigenvalue weighted by Gasteiger charge is -2.17. The maximum absolute atomic E-state index is 12.0. The number of carbonyl (C=O) groups is 1. The molecule has 0 unspecified atom stereocenters. The van der Waals surface area contributed by atoms with Gasteiger partial charge in [0.15, 0.2) is 0 Å². The third kappa shape index (κ3) is 5.42. The first-order valence-electron chi connectivity index (χ1n) is 8.85. The van der Waals surface area contributed by atoms with Crippen LogP contribution in [0.2, 0.25) is 0 Å². The molecule has 0 bridgehead atoms. The highest BCUT2D eigenvalue weighted by molar-refractivity contribution is 9.10. The standard InChI is InChI=1S/C19H23BrN4O2/c1-14-22-17(24-9-2-3-10-24)13-19(23-14)26-11-8-21-18(25)12-15-4-6-16(20)7-5-15/h4-7,13H,2-3,8-12H2,1H3,(H,21,25). The van der Waals surface area contributed by atoms with Gasteiger partial charge in [0.25, 0.3) is 0 Å². The number of rotatable bonds is 7. The molecular formula is C19H23BrN4O2. The summed E-state index contributed by atoms with van der Waals surface area (Å²) in [6.45, 7) is 4.75. The van der Waals surface area contributed by atoms with E-state index in [0.717, 1.165) is 28.9 Å². The van der Waals surface area contributed by atoms with E-state index in [1.807, 2.05) is 37.3 Å². The van der Waals surface area contributed by atoms with E-state index in [9.17, 15) is 4.79 Å². The molecule has 0 aliphatic carbocycles. The molecular weight excluding hydrogens is 396 g/mol. The second-order valence-electron chi connectivity index (χ2n) is 6.31. The first-order chi connectivity index (χ1) is 12.6. The van der Waals surface area contributed by atoms with Crippen LogP contribution in [0.5, 0.6) is 5.88 Å². The molecule has 1 amide bonds. The van der Waals surface area contributed by atoms with E-state index in [4.69, 9.17) is 4.74 Å². The summed E-state index contributed by atoms with van der Waals surface area (Å²) >= 11 is 3.39. The van der Waals surface area contributed by atoms with E-state index in [1.54, 1.807) is 0 Å². The van der Waals surface area contributed by atoms with Crippen molar-refractivity contribution in [3.63, 3.8) is 0 Å². The van der Waals surface area contributed by atoms with Crippen molar-refractivity contribution in [2.45, 2.75) is 26.2 Å². The number of benzene rings is 1. The Morgan fingerprint density at radius 1 is 1.23 bits per heavy atom. The number of hydrogen-bond acceptors (Lipinski definition) is 5. The van der Waals surface area contributed by atoms with Crippen molar-refractivity contribution in [2.75, 3.05) is 31.1 Å². The quantitative estimate of drug-likeness (QED) is 0.700. The van der Waals surface area contributed by atoms with Gasteiger partial charge in [0.05, 0.1) is 13.0 Å². The number of carbonyl (C=O) groups excluding carboxylic acids is 1.